The molecule has 0 saturated heterocycles. The van der Waals surface area contributed by atoms with E-state index in [1.165, 1.54) is 0 Å². The second-order valence-corrected chi connectivity index (χ2v) is 7.01. The molecule has 2 amide bonds. The third-order valence-corrected chi connectivity index (χ3v) is 4.65. The Bertz CT molecular complexity index is 898. The minimum atomic E-state index is -0.313. The number of halogens is 1. The van der Waals surface area contributed by atoms with Crippen molar-refractivity contribution in [3.05, 3.63) is 51.6 Å². The van der Waals surface area contributed by atoms with Crippen LogP contribution in [0.3, 0.4) is 0 Å². The van der Waals surface area contributed by atoms with Gasteiger partial charge in [-0.15, -0.1) is 0 Å². The number of carbonyl (C=O) groups excluding carboxylic acids is 2. The minimum absolute atomic E-state index is 0.0562. The van der Waals surface area contributed by atoms with Crippen molar-refractivity contribution in [2.24, 2.45) is 5.10 Å². The third-order valence-electron chi connectivity index (χ3n) is 3.71. The van der Waals surface area contributed by atoms with Gasteiger partial charge in [-0.25, -0.2) is 5.43 Å². The molecule has 140 valence electrons. The normalized spacial score (nSPS) is 13.0. The molecule has 0 fully saturated rings. The maximum atomic E-state index is 12.2. The summed E-state index contributed by atoms with van der Waals surface area (Å²) in [5.41, 5.74) is 4.12. The van der Waals surface area contributed by atoms with E-state index in [1.54, 1.807) is 37.3 Å². The fraction of sp³-hybridized carbons (Fsp3) is 0.211. The fourth-order valence-corrected chi connectivity index (χ4v) is 3.08. The van der Waals surface area contributed by atoms with Crippen molar-refractivity contribution in [2.75, 3.05) is 18.5 Å². The van der Waals surface area contributed by atoms with Crippen molar-refractivity contribution in [1.29, 1.82) is 0 Å². The predicted octanol–water partition coefficient (Wildman–Crippen LogP) is 3.20. The van der Waals surface area contributed by atoms with Gasteiger partial charge < -0.3 is 14.8 Å². The van der Waals surface area contributed by atoms with Gasteiger partial charge in [-0.05, 0) is 53.8 Å². The number of nitrogens with zero attached hydrogens (tertiary/aromatic N) is 1. The molecule has 0 spiro atoms. The molecule has 1 aliphatic heterocycles. The summed E-state index contributed by atoms with van der Waals surface area (Å²) in [5, 5.41) is 6.78. The molecule has 8 heteroatoms. The lowest BCUT2D eigenvalue weighted by Gasteiger charge is -2.19. The highest BCUT2D eigenvalue weighted by atomic mass is 127. The molecule has 1 heterocycles. The van der Waals surface area contributed by atoms with Crippen LogP contribution < -0.4 is 20.2 Å². The molecule has 1 aliphatic rings. The topological polar surface area (TPSA) is 89.0 Å². The van der Waals surface area contributed by atoms with Crippen molar-refractivity contribution in [2.45, 2.75) is 13.3 Å². The van der Waals surface area contributed by atoms with E-state index in [-0.39, 0.29) is 18.2 Å². The second-order valence-electron chi connectivity index (χ2n) is 5.85. The van der Waals surface area contributed by atoms with Gasteiger partial charge in [-0.3, -0.25) is 9.59 Å². The lowest BCUT2D eigenvalue weighted by Crippen LogP contribution is -2.22. The molecule has 2 aromatic rings. The summed E-state index contributed by atoms with van der Waals surface area (Å²) in [6, 6.07) is 12.4. The van der Waals surface area contributed by atoms with Crippen LogP contribution in [-0.4, -0.2) is 30.7 Å². The Morgan fingerprint density at radius 2 is 1.85 bits per heavy atom. The summed E-state index contributed by atoms with van der Waals surface area (Å²) in [6.45, 7) is 2.68. The van der Waals surface area contributed by atoms with Crippen LogP contribution in [0.5, 0.6) is 11.5 Å². The summed E-state index contributed by atoms with van der Waals surface area (Å²) >= 11 is 2.09. The van der Waals surface area contributed by atoms with Crippen LogP contribution >= 0.6 is 22.6 Å². The molecule has 2 N–H and O–H groups in total. The summed E-state index contributed by atoms with van der Waals surface area (Å²) in [4.78, 5) is 24.3. The molecule has 0 aliphatic carbocycles. The van der Waals surface area contributed by atoms with Gasteiger partial charge in [0, 0.05) is 21.0 Å². The first-order valence-corrected chi connectivity index (χ1v) is 9.38. The van der Waals surface area contributed by atoms with Crippen molar-refractivity contribution in [1.82, 2.24) is 5.43 Å². The number of ether oxygens (including phenoxy) is 2. The van der Waals surface area contributed by atoms with Crippen LogP contribution in [0.15, 0.2) is 47.6 Å². The SMILES string of the molecule is CC(CC(=O)Nc1ccc2c(c1)OCCO2)=NNC(=O)c1ccccc1I. The second kappa shape index (κ2) is 8.85. The molecule has 0 atom stereocenters. The van der Waals surface area contributed by atoms with E-state index in [0.29, 0.717) is 41.7 Å². The van der Waals surface area contributed by atoms with Gasteiger partial charge in [0.1, 0.15) is 13.2 Å². The zero-order valence-electron chi connectivity index (χ0n) is 14.6. The maximum absolute atomic E-state index is 12.2. The molecule has 0 radical (unpaired) electrons. The highest BCUT2D eigenvalue weighted by Gasteiger charge is 2.13. The Hall–Kier alpha value is -2.62. The molecule has 7 nitrogen and oxygen atoms in total. The number of nitrogens with one attached hydrogen (secondary N) is 2. The van der Waals surface area contributed by atoms with E-state index in [9.17, 15) is 9.59 Å². The summed E-state index contributed by atoms with van der Waals surface area (Å²) in [7, 11) is 0. The largest absolute Gasteiger partial charge is 0.486 e. The highest BCUT2D eigenvalue weighted by Crippen LogP contribution is 2.32. The van der Waals surface area contributed by atoms with Crippen molar-refractivity contribution >= 4 is 45.8 Å². The fourth-order valence-electron chi connectivity index (χ4n) is 2.45. The zero-order chi connectivity index (χ0) is 19.2. The van der Waals surface area contributed by atoms with Gasteiger partial charge in [0.25, 0.3) is 5.91 Å². The minimum Gasteiger partial charge on any atom is -0.486 e. The molecule has 0 bridgehead atoms. The van der Waals surface area contributed by atoms with Gasteiger partial charge >= 0.3 is 0 Å². The van der Waals surface area contributed by atoms with Gasteiger partial charge in [-0.2, -0.15) is 5.10 Å². The molecule has 27 heavy (non-hydrogen) atoms. The Labute approximate surface area is 170 Å². The number of anilines is 1. The zero-order valence-corrected chi connectivity index (χ0v) is 16.8. The first-order chi connectivity index (χ1) is 13.0. The Balaban J connectivity index is 1.55. The molecule has 3 rings (SSSR count). The average Bonchev–Trinajstić information content (AvgIpc) is 2.66. The maximum Gasteiger partial charge on any atom is 0.272 e. The number of hydrazone groups is 1. The van der Waals surface area contributed by atoms with Crippen molar-refractivity contribution < 1.29 is 19.1 Å². The van der Waals surface area contributed by atoms with E-state index in [1.807, 2.05) is 12.1 Å². The van der Waals surface area contributed by atoms with Gasteiger partial charge in [0.2, 0.25) is 5.91 Å². The molecular formula is C19H18IN3O4. The van der Waals surface area contributed by atoms with Crippen LogP contribution in [0, 0.1) is 3.57 Å². The summed E-state index contributed by atoms with van der Waals surface area (Å²) in [5.74, 6) is 0.715. The standard InChI is InChI=1S/C19H18IN3O4/c1-12(22-23-19(25)14-4-2-3-5-15(14)20)10-18(24)21-13-6-7-16-17(11-13)27-9-8-26-16/h2-7,11H,8-10H2,1H3,(H,21,24)(H,23,25). The number of hydrogen-bond donors (Lipinski definition) is 2. The summed E-state index contributed by atoms with van der Waals surface area (Å²) < 4.78 is 11.8. The third kappa shape index (κ3) is 5.19. The first kappa shape index (κ1) is 19.2. The van der Waals surface area contributed by atoms with E-state index in [4.69, 9.17) is 9.47 Å². The summed E-state index contributed by atoms with van der Waals surface area (Å²) in [6.07, 6.45) is 0.0562. The van der Waals surface area contributed by atoms with Gasteiger partial charge in [0.05, 0.1) is 12.0 Å². The number of amides is 2. The van der Waals surface area contributed by atoms with Crippen LogP contribution in [0.25, 0.3) is 0 Å². The first-order valence-electron chi connectivity index (χ1n) is 8.30. The number of fused-ring (bicyclic) bond motifs is 1. The van der Waals surface area contributed by atoms with Gasteiger partial charge in [-0.1, -0.05) is 12.1 Å². The van der Waals surface area contributed by atoms with Crippen molar-refractivity contribution in [3.63, 3.8) is 0 Å². The number of benzene rings is 2. The lowest BCUT2D eigenvalue weighted by molar-refractivity contribution is -0.115. The van der Waals surface area contributed by atoms with Crippen LogP contribution in [0.2, 0.25) is 0 Å². The predicted molar refractivity (Wildman–Crippen MR) is 110 cm³/mol. The van der Waals surface area contributed by atoms with E-state index < -0.39 is 0 Å². The van der Waals surface area contributed by atoms with E-state index >= 15 is 0 Å². The Morgan fingerprint density at radius 3 is 2.63 bits per heavy atom. The molecule has 2 aromatic carbocycles. The van der Waals surface area contributed by atoms with E-state index in [2.05, 4.69) is 38.4 Å². The monoisotopic (exact) mass is 479 g/mol. The van der Waals surface area contributed by atoms with Crippen molar-refractivity contribution in [3.8, 4) is 11.5 Å². The molecule has 0 unspecified atom stereocenters. The molecule has 0 aromatic heterocycles. The van der Waals surface area contributed by atoms with Gasteiger partial charge in [0.15, 0.2) is 11.5 Å². The quantitative estimate of drug-likeness (QED) is 0.392. The Kier molecular flexibility index (Phi) is 6.28. The molecule has 0 saturated carbocycles. The smallest absolute Gasteiger partial charge is 0.272 e. The Morgan fingerprint density at radius 1 is 1.11 bits per heavy atom. The number of carbonyl (C=O) groups is 2. The molecular weight excluding hydrogens is 461 g/mol. The van der Waals surface area contributed by atoms with Crippen LogP contribution in [0.1, 0.15) is 23.7 Å². The number of hydrogen-bond acceptors (Lipinski definition) is 5. The lowest BCUT2D eigenvalue weighted by atomic mass is 10.2. The van der Waals surface area contributed by atoms with Crippen LogP contribution in [0.4, 0.5) is 5.69 Å². The van der Waals surface area contributed by atoms with Crippen LogP contribution in [-0.2, 0) is 4.79 Å². The number of rotatable bonds is 5. The highest BCUT2D eigenvalue weighted by molar-refractivity contribution is 14.1. The van der Waals surface area contributed by atoms with E-state index in [0.717, 1.165) is 3.57 Å². The average molecular weight is 479 g/mol.